The summed E-state index contributed by atoms with van der Waals surface area (Å²) in [7, 11) is 0. The van der Waals surface area contributed by atoms with Crippen LogP contribution in [-0.2, 0) is 4.74 Å². The number of hydrogen-bond acceptors (Lipinski definition) is 4. The highest BCUT2D eigenvalue weighted by Crippen LogP contribution is 2.23. The van der Waals surface area contributed by atoms with Gasteiger partial charge in [-0.3, -0.25) is 0 Å². The van der Waals surface area contributed by atoms with Gasteiger partial charge in [-0.25, -0.2) is 4.79 Å². The van der Waals surface area contributed by atoms with Crippen molar-refractivity contribution in [3.05, 3.63) is 23.8 Å². The lowest BCUT2D eigenvalue weighted by Crippen LogP contribution is -2.07. The smallest absolute Gasteiger partial charge is 0.338 e. The normalized spacial score (nSPS) is 10.4. The molecule has 0 aliphatic carbocycles. The van der Waals surface area contributed by atoms with Crippen LogP contribution in [0.1, 0.15) is 37.6 Å². The zero-order valence-corrected chi connectivity index (χ0v) is 11.2. The number of carbonyl (C=O) groups excluding carboxylic acids is 1. The first-order valence-corrected chi connectivity index (χ1v) is 6.24. The molecular weight excluding hydrogens is 230 g/mol. The van der Waals surface area contributed by atoms with Gasteiger partial charge < -0.3 is 15.2 Å². The Kier molecular flexibility index (Phi) is 5.49. The van der Waals surface area contributed by atoms with Crippen LogP contribution in [0.3, 0.4) is 0 Å². The van der Waals surface area contributed by atoms with Gasteiger partial charge in [-0.15, -0.1) is 0 Å². The zero-order valence-electron chi connectivity index (χ0n) is 11.2. The first-order valence-electron chi connectivity index (χ1n) is 6.24. The highest BCUT2D eigenvalue weighted by molar-refractivity contribution is 5.91. The second-order valence-electron chi connectivity index (χ2n) is 4.50. The van der Waals surface area contributed by atoms with Crippen molar-refractivity contribution in [2.24, 2.45) is 5.92 Å². The average Bonchev–Trinajstić information content (AvgIpc) is 2.31. The van der Waals surface area contributed by atoms with Gasteiger partial charge in [0, 0.05) is 0 Å². The maximum atomic E-state index is 11.5. The van der Waals surface area contributed by atoms with Crippen molar-refractivity contribution in [2.45, 2.75) is 27.2 Å². The molecule has 4 nitrogen and oxygen atoms in total. The quantitative estimate of drug-likeness (QED) is 0.623. The first kappa shape index (κ1) is 14.4. The largest absolute Gasteiger partial charge is 0.491 e. The summed E-state index contributed by atoms with van der Waals surface area (Å²) in [6.07, 6.45) is 0.971. The van der Waals surface area contributed by atoms with Crippen LogP contribution in [0.4, 0.5) is 5.69 Å². The molecule has 2 N–H and O–H groups in total. The summed E-state index contributed by atoms with van der Waals surface area (Å²) in [6.45, 7) is 7.02. The maximum Gasteiger partial charge on any atom is 0.338 e. The molecule has 100 valence electrons. The van der Waals surface area contributed by atoms with Crippen LogP contribution in [0.2, 0.25) is 0 Å². The lowest BCUT2D eigenvalue weighted by atomic mass is 10.1. The van der Waals surface area contributed by atoms with Crippen LogP contribution >= 0.6 is 0 Å². The highest BCUT2D eigenvalue weighted by Gasteiger charge is 2.09. The fourth-order valence-corrected chi connectivity index (χ4v) is 1.43. The molecule has 0 aromatic heterocycles. The number of carbonyl (C=O) groups is 1. The van der Waals surface area contributed by atoms with Gasteiger partial charge in [0.1, 0.15) is 5.75 Å². The predicted octanol–water partition coefficient (Wildman–Crippen LogP) is 2.87. The van der Waals surface area contributed by atoms with Crippen LogP contribution in [-0.4, -0.2) is 19.2 Å². The second kappa shape index (κ2) is 6.89. The molecule has 1 rings (SSSR count). The van der Waals surface area contributed by atoms with Crippen molar-refractivity contribution in [1.82, 2.24) is 0 Å². The number of nitrogens with two attached hydrogens (primary N) is 1. The van der Waals surface area contributed by atoms with E-state index in [2.05, 4.69) is 13.8 Å². The van der Waals surface area contributed by atoms with E-state index in [4.69, 9.17) is 15.2 Å². The van der Waals surface area contributed by atoms with E-state index in [0.29, 0.717) is 36.1 Å². The van der Waals surface area contributed by atoms with Crippen molar-refractivity contribution in [1.29, 1.82) is 0 Å². The summed E-state index contributed by atoms with van der Waals surface area (Å²) in [4.78, 5) is 11.5. The van der Waals surface area contributed by atoms with Crippen LogP contribution in [0.25, 0.3) is 0 Å². The van der Waals surface area contributed by atoms with E-state index in [1.165, 1.54) is 0 Å². The molecule has 0 spiro atoms. The summed E-state index contributed by atoms with van der Waals surface area (Å²) in [5, 5.41) is 0. The molecule has 0 atom stereocenters. The molecule has 0 fully saturated rings. The van der Waals surface area contributed by atoms with Gasteiger partial charge in [-0.05, 0) is 37.5 Å². The number of ether oxygens (including phenoxy) is 2. The summed E-state index contributed by atoms with van der Waals surface area (Å²) in [6, 6.07) is 4.96. The third-order valence-electron chi connectivity index (χ3n) is 2.47. The monoisotopic (exact) mass is 251 g/mol. The summed E-state index contributed by atoms with van der Waals surface area (Å²) >= 11 is 0. The van der Waals surface area contributed by atoms with E-state index in [-0.39, 0.29) is 5.97 Å². The lowest BCUT2D eigenvalue weighted by molar-refractivity contribution is 0.0526. The van der Waals surface area contributed by atoms with Crippen LogP contribution < -0.4 is 10.5 Å². The number of anilines is 1. The fraction of sp³-hybridized carbons (Fsp3) is 0.500. The van der Waals surface area contributed by atoms with E-state index in [1.54, 1.807) is 25.1 Å². The number of hydrogen-bond donors (Lipinski definition) is 1. The molecule has 1 aromatic rings. The minimum Gasteiger partial charge on any atom is -0.491 e. The van der Waals surface area contributed by atoms with Crippen molar-refractivity contribution in [3.63, 3.8) is 0 Å². The summed E-state index contributed by atoms with van der Waals surface area (Å²) in [5.74, 6) is 0.839. The van der Waals surface area contributed by atoms with Gasteiger partial charge >= 0.3 is 5.97 Å². The molecule has 18 heavy (non-hydrogen) atoms. The first-order chi connectivity index (χ1) is 8.54. The Morgan fingerprint density at radius 3 is 2.67 bits per heavy atom. The molecule has 0 aliphatic rings. The Morgan fingerprint density at radius 1 is 1.39 bits per heavy atom. The third-order valence-corrected chi connectivity index (χ3v) is 2.47. The number of benzene rings is 1. The van der Waals surface area contributed by atoms with Gasteiger partial charge in [0.05, 0.1) is 24.5 Å². The van der Waals surface area contributed by atoms with Gasteiger partial charge in [0.2, 0.25) is 0 Å². The highest BCUT2D eigenvalue weighted by atomic mass is 16.5. The van der Waals surface area contributed by atoms with Crippen molar-refractivity contribution in [2.75, 3.05) is 18.9 Å². The molecule has 0 saturated carbocycles. The number of nitrogen functional groups attached to an aromatic ring is 1. The zero-order chi connectivity index (χ0) is 13.5. The second-order valence-corrected chi connectivity index (χ2v) is 4.50. The molecule has 0 bridgehead atoms. The SMILES string of the molecule is CCOC(=O)c1ccc(OCCC(C)C)c(N)c1. The van der Waals surface area contributed by atoms with E-state index < -0.39 is 0 Å². The molecule has 0 amide bonds. The van der Waals surface area contributed by atoms with E-state index in [9.17, 15) is 4.79 Å². The Balaban J connectivity index is 2.65. The number of esters is 1. The molecule has 0 radical (unpaired) electrons. The molecular formula is C14H21NO3. The van der Waals surface area contributed by atoms with E-state index >= 15 is 0 Å². The standard InChI is InChI=1S/C14H21NO3/c1-4-17-14(16)11-5-6-13(12(15)9-11)18-8-7-10(2)3/h5-6,9-10H,4,7-8,15H2,1-3H3. The topological polar surface area (TPSA) is 61.5 Å². The van der Waals surface area contributed by atoms with E-state index in [0.717, 1.165) is 6.42 Å². The molecule has 0 unspecified atom stereocenters. The Morgan fingerprint density at radius 2 is 2.11 bits per heavy atom. The van der Waals surface area contributed by atoms with Crippen LogP contribution in [0, 0.1) is 5.92 Å². The summed E-state index contributed by atoms with van der Waals surface area (Å²) in [5.41, 5.74) is 6.75. The molecule has 1 aromatic carbocycles. The van der Waals surface area contributed by atoms with Gasteiger partial charge in [0.25, 0.3) is 0 Å². The molecule has 0 aliphatic heterocycles. The Hall–Kier alpha value is -1.71. The van der Waals surface area contributed by atoms with Crippen molar-refractivity contribution >= 4 is 11.7 Å². The lowest BCUT2D eigenvalue weighted by Gasteiger charge is -2.11. The average molecular weight is 251 g/mol. The predicted molar refractivity (Wildman–Crippen MR) is 71.8 cm³/mol. The minimum absolute atomic E-state index is 0.353. The summed E-state index contributed by atoms with van der Waals surface area (Å²) < 4.78 is 10.5. The van der Waals surface area contributed by atoms with Crippen molar-refractivity contribution in [3.8, 4) is 5.75 Å². The van der Waals surface area contributed by atoms with Crippen LogP contribution in [0.5, 0.6) is 5.75 Å². The maximum absolute atomic E-state index is 11.5. The van der Waals surface area contributed by atoms with Crippen LogP contribution in [0.15, 0.2) is 18.2 Å². The fourth-order valence-electron chi connectivity index (χ4n) is 1.43. The van der Waals surface area contributed by atoms with Gasteiger partial charge in [-0.1, -0.05) is 13.8 Å². The van der Waals surface area contributed by atoms with E-state index in [1.807, 2.05) is 0 Å². The molecule has 0 heterocycles. The number of rotatable bonds is 6. The Bertz CT molecular complexity index is 402. The minimum atomic E-state index is -0.363. The van der Waals surface area contributed by atoms with Gasteiger partial charge in [0.15, 0.2) is 0 Å². The molecule has 4 heteroatoms. The van der Waals surface area contributed by atoms with Gasteiger partial charge in [-0.2, -0.15) is 0 Å². The van der Waals surface area contributed by atoms with Crippen molar-refractivity contribution < 1.29 is 14.3 Å². The Labute approximate surface area is 108 Å². The third kappa shape index (κ3) is 4.28. The molecule has 0 saturated heterocycles.